The molecule has 1 N–H and O–H groups in total. The Kier molecular flexibility index (Phi) is 5.45. The molecule has 0 radical (unpaired) electrons. The van der Waals surface area contributed by atoms with E-state index < -0.39 is 0 Å². The van der Waals surface area contributed by atoms with Gasteiger partial charge in [0.15, 0.2) is 0 Å². The number of hydrogen-bond donors (Lipinski definition) is 1. The van der Waals surface area contributed by atoms with Gasteiger partial charge in [-0.05, 0) is 12.8 Å². The summed E-state index contributed by atoms with van der Waals surface area (Å²) < 4.78 is 5.55. The maximum atomic E-state index is 12.4. The Balaban J connectivity index is 1.86. The van der Waals surface area contributed by atoms with E-state index in [0.717, 1.165) is 19.4 Å². The quantitative estimate of drug-likeness (QED) is 0.813. The van der Waals surface area contributed by atoms with Crippen LogP contribution in [0.1, 0.15) is 44.9 Å². The van der Waals surface area contributed by atoms with E-state index in [4.69, 9.17) is 4.74 Å². The fourth-order valence-corrected chi connectivity index (χ4v) is 2.95. The average molecular weight is 254 g/mol. The summed E-state index contributed by atoms with van der Waals surface area (Å²) in [5, 5.41) is 3.22. The zero-order valence-corrected chi connectivity index (χ0v) is 11.5. The van der Waals surface area contributed by atoms with Gasteiger partial charge in [0, 0.05) is 26.2 Å². The molecule has 1 atom stereocenters. The van der Waals surface area contributed by atoms with Crippen LogP contribution in [0.2, 0.25) is 0 Å². The molecule has 104 valence electrons. The number of rotatable bonds is 2. The Morgan fingerprint density at radius 3 is 2.44 bits per heavy atom. The van der Waals surface area contributed by atoms with Gasteiger partial charge in [-0.15, -0.1) is 0 Å². The molecule has 1 saturated carbocycles. The minimum atomic E-state index is -0.269. The lowest BCUT2D eigenvalue weighted by Crippen LogP contribution is -2.51. The molecule has 1 aliphatic heterocycles. The van der Waals surface area contributed by atoms with E-state index in [1.807, 2.05) is 11.9 Å². The van der Waals surface area contributed by atoms with Crippen LogP contribution in [-0.2, 0) is 9.53 Å². The number of nitrogens with one attached hydrogen (secondary N) is 1. The number of carbonyl (C=O) groups excluding carboxylic acids is 1. The maximum Gasteiger partial charge on any atom is 0.253 e. The maximum absolute atomic E-state index is 12.4. The van der Waals surface area contributed by atoms with Crippen LogP contribution in [0.25, 0.3) is 0 Å². The predicted molar refractivity (Wildman–Crippen MR) is 71.5 cm³/mol. The number of amides is 1. The third-order valence-corrected chi connectivity index (χ3v) is 4.17. The van der Waals surface area contributed by atoms with Crippen LogP contribution in [0.5, 0.6) is 0 Å². The normalized spacial score (nSPS) is 27.3. The molecule has 0 aromatic heterocycles. The third kappa shape index (κ3) is 3.69. The minimum absolute atomic E-state index is 0.160. The highest BCUT2D eigenvalue weighted by atomic mass is 16.5. The average Bonchev–Trinajstić information content (AvgIpc) is 2.38. The first kappa shape index (κ1) is 13.8. The van der Waals surface area contributed by atoms with Crippen molar-refractivity contribution in [2.24, 2.45) is 0 Å². The Labute approximate surface area is 110 Å². The highest BCUT2D eigenvalue weighted by Gasteiger charge is 2.28. The molecule has 1 heterocycles. The molecule has 4 heteroatoms. The number of ether oxygens (including phenoxy) is 1. The van der Waals surface area contributed by atoms with Gasteiger partial charge < -0.3 is 15.0 Å². The zero-order valence-electron chi connectivity index (χ0n) is 11.5. The van der Waals surface area contributed by atoms with Crippen LogP contribution in [-0.4, -0.2) is 49.7 Å². The molecule has 1 aliphatic carbocycles. The van der Waals surface area contributed by atoms with E-state index >= 15 is 0 Å². The lowest BCUT2D eigenvalue weighted by Gasteiger charge is -2.33. The van der Waals surface area contributed by atoms with Gasteiger partial charge in [0.05, 0.1) is 6.61 Å². The molecule has 0 spiro atoms. The van der Waals surface area contributed by atoms with Gasteiger partial charge in [0.25, 0.3) is 5.91 Å². The topological polar surface area (TPSA) is 41.6 Å². The molecular weight excluding hydrogens is 228 g/mol. The standard InChI is InChI=1S/C14H26N2O2/c1-16(12-7-5-3-2-4-6-8-12)14(17)13-11-15-9-10-18-13/h12-13,15H,2-11H2,1H3. The Morgan fingerprint density at radius 1 is 1.17 bits per heavy atom. The van der Waals surface area contributed by atoms with Crippen molar-refractivity contribution in [1.82, 2.24) is 10.2 Å². The summed E-state index contributed by atoms with van der Waals surface area (Å²) in [6.07, 6.45) is 8.55. The fourth-order valence-electron chi connectivity index (χ4n) is 2.95. The van der Waals surface area contributed by atoms with Gasteiger partial charge in [0.2, 0.25) is 0 Å². The van der Waals surface area contributed by atoms with Gasteiger partial charge >= 0.3 is 0 Å². The summed E-state index contributed by atoms with van der Waals surface area (Å²) in [5.41, 5.74) is 0. The van der Waals surface area contributed by atoms with E-state index in [2.05, 4.69) is 5.32 Å². The lowest BCUT2D eigenvalue weighted by atomic mass is 9.95. The van der Waals surface area contributed by atoms with Crippen molar-refractivity contribution >= 4 is 5.91 Å². The molecule has 0 bridgehead atoms. The molecule has 2 aliphatic rings. The SMILES string of the molecule is CN(C(=O)C1CNCCO1)C1CCCCCCC1. The van der Waals surface area contributed by atoms with Gasteiger partial charge in [-0.3, -0.25) is 4.79 Å². The molecule has 0 aromatic rings. The van der Waals surface area contributed by atoms with E-state index in [9.17, 15) is 4.79 Å². The fraction of sp³-hybridized carbons (Fsp3) is 0.929. The molecule has 1 saturated heterocycles. The van der Waals surface area contributed by atoms with Crippen molar-refractivity contribution in [3.05, 3.63) is 0 Å². The molecule has 2 fully saturated rings. The van der Waals surface area contributed by atoms with Crippen LogP contribution in [0.3, 0.4) is 0 Å². The first-order valence-electron chi connectivity index (χ1n) is 7.38. The summed E-state index contributed by atoms with van der Waals surface area (Å²) in [5.74, 6) is 0.160. The highest BCUT2D eigenvalue weighted by molar-refractivity contribution is 5.81. The van der Waals surface area contributed by atoms with Crippen LogP contribution >= 0.6 is 0 Å². The molecule has 4 nitrogen and oxygen atoms in total. The molecule has 2 rings (SSSR count). The molecular formula is C14H26N2O2. The molecule has 18 heavy (non-hydrogen) atoms. The van der Waals surface area contributed by atoms with E-state index in [1.54, 1.807) is 0 Å². The van der Waals surface area contributed by atoms with E-state index in [1.165, 1.54) is 32.1 Å². The first-order chi connectivity index (χ1) is 8.79. The number of morpholine rings is 1. The van der Waals surface area contributed by atoms with Gasteiger partial charge in [0.1, 0.15) is 6.10 Å². The molecule has 0 aromatic carbocycles. The second-order valence-corrected chi connectivity index (χ2v) is 5.51. The largest absolute Gasteiger partial charge is 0.366 e. The number of nitrogens with zero attached hydrogens (tertiary/aromatic N) is 1. The van der Waals surface area contributed by atoms with Crippen molar-refractivity contribution in [2.45, 2.75) is 57.1 Å². The van der Waals surface area contributed by atoms with E-state index in [-0.39, 0.29) is 12.0 Å². The van der Waals surface area contributed by atoms with Gasteiger partial charge in [-0.25, -0.2) is 0 Å². The number of likely N-dealkylation sites (N-methyl/N-ethyl adjacent to an activating group) is 1. The van der Waals surface area contributed by atoms with Crippen LogP contribution in [0.15, 0.2) is 0 Å². The highest BCUT2D eigenvalue weighted by Crippen LogP contribution is 2.21. The monoisotopic (exact) mass is 254 g/mol. The first-order valence-corrected chi connectivity index (χ1v) is 7.38. The molecule has 1 amide bonds. The second kappa shape index (κ2) is 7.10. The van der Waals surface area contributed by atoms with Gasteiger partial charge in [-0.2, -0.15) is 0 Å². The molecule has 1 unspecified atom stereocenters. The number of carbonyl (C=O) groups is 1. The van der Waals surface area contributed by atoms with Crippen LogP contribution < -0.4 is 5.32 Å². The van der Waals surface area contributed by atoms with Crippen molar-refractivity contribution in [2.75, 3.05) is 26.7 Å². The van der Waals surface area contributed by atoms with E-state index in [0.29, 0.717) is 19.2 Å². The van der Waals surface area contributed by atoms with Crippen molar-refractivity contribution < 1.29 is 9.53 Å². The Hall–Kier alpha value is -0.610. The predicted octanol–water partition coefficient (Wildman–Crippen LogP) is 1.55. The summed E-state index contributed by atoms with van der Waals surface area (Å²) in [4.78, 5) is 14.3. The Morgan fingerprint density at radius 2 is 1.83 bits per heavy atom. The number of hydrogen-bond acceptors (Lipinski definition) is 3. The van der Waals surface area contributed by atoms with Crippen LogP contribution in [0.4, 0.5) is 0 Å². The minimum Gasteiger partial charge on any atom is -0.366 e. The summed E-state index contributed by atoms with van der Waals surface area (Å²) >= 11 is 0. The Bertz CT molecular complexity index is 257. The second-order valence-electron chi connectivity index (χ2n) is 5.51. The van der Waals surface area contributed by atoms with Crippen molar-refractivity contribution in [3.8, 4) is 0 Å². The smallest absolute Gasteiger partial charge is 0.253 e. The van der Waals surface area contributed by atoms with Crippen LogP contribution in [0, 0.1) is 0 Å². The lowest BCUT2D eigenvalue weighted by molar-refractivity contribution is -0.146. The summed E-state index contributed by atoms with van der Waals surface area (Å²) in [7, 11) is 1.95. The summed E-state index contributed by atoms with van der Waals surface area (Å²) in [6.45, 7) is 2.17. The third-order valence-electron chi connectivity index (χ3n) is 4.17. The summed E-state index contributed by atoms with van der Waals surface area (Å²) in [6, 6.07) is 0.420. The van der Waals surface area contributed by atoms with Gasteiger partial charge in [-0.1, -0.05) is 32.1 Å². The van der Waals surface area contributed by atoms with Crippen molar-refractivity contribution in [3.63, 3.8) is 0 Å². The zero-order chi connectivity index (χ0) is 12.8. The van der Waals surface area contributed by atoms with Crippen molar-refractivity contribution in [1.29, 1.82) is 0 Å².